The van der Waals surface area contributed by atoms with Crippen molar-refractivity contribution in [2.75, 3.05) is 12.8 Å². The van der Waals surface area contributed by atoms with E-state index in [4.69, 9.17) is 0 Å². The molecule has 1 amide bonds. The van der Waals surface area contributed by atoms with Crippen LogP contribution in [0.2, 0.25) is 0 Å². The van der Waals surface area contributed by atoms with E-state index in [2.05, 4.69) is 10.3 Å². The van der Waals surface area contributed by atoms with Crippen LogP contribution in [0, 0.1) is 6.92 Å². The molecule has 1 aromatic heterocycles. The van der Waals surface area contributed by atoms with E-state index in [1.807, 2.05) is 13.8 Å². The molecule has 1 rings (SSSR count). The van der Waals surface area contributed by atoms with Gasteiger partial charge in [0.25, 0.3) is 0 Å². The topological polar surface area (TPSA) is 85.2 Å². The van der Waals surface area contributed by atoms with Gasteiger partial charge in [0.15, 0.2) is 0 Å². The summed E-state index contributed by atoms with van der Waals surface area (Å²) in [4.78, 5) is 11.9. The average Bonchev–Trinajstić information content (AvgIpc) is 2.68. The predicted octanol–water partition coefficient (Wildman–Crippen LogP) is 0.425. The monoisotopic (exact) mass is 288 g/mol. The van der Waals surface area contributed by atoms with Gasteiger partial charge in [0.05, 0.1) is 17.1 Å². The van der Waals surface area contributed by atoms with E-state index < -0.39 is 15.9 Å². The molecule has 0 saturated carbocycles. The zero-order valence-electron chi connectivity index (χ0n) is 11.9. The first-order valence-corrected chi connectivity index (χ1v) is 7.67. The molecule has 108 valence electrons. The fourth-order valence-electron chi connectivity index (χ4n) is 1.71. The van der Waals surface area contributed by atoms with Crippen molar-refractivity contribution in [1.82, 2.24) is 19.3 Å². The highest BCUT2D eigenvalue weighted by molar-refractivity contribution is 7.89. The van der Waals surface area contributed by atoms with Gasteiger partial charge in [-0.05, 0) is 13.8 Å². The maximum absolute atomic E-state index is 11.9. The van der Waals surface area contributed by atoms with Gasteiger partial charge in [-0.2, -0.15) is 0 Å². The molecular formula is C11H20N4O3S. The Hall–Kier alpha value is -1.44. The zero-order chi connectivity index (χ0) is 14.8. The highest BCUT2D eigenvalue weighted by Gasteiger charge is 2.25. The van der Waals surface area contributed by atoms with Crippen LogP contribution < -0.4 is 0 Å². The van der Waals surface area contributed by atoms with Gasteiger partial charge in [-0.25, -0.2) is 12.7 Å². The van der Waals surface area contributed by atoms with Crippen LogP contribution in [0.4, 0.5) is 0 Å². The molecule has 0 saturated heterocycles. The molecular weight excluding hydrogens is 268 g/mol. The lowest BCUT2D eigenvalue weighted by Gasteiger charge is -2.18. The molecule has 0 aromatic carbocycles. The van der Waals surface area contributed by atoms with Crippen molar-refractivity contribution in [2.24, 2.45) is 7.05 Å². The average molecular weight is 288 g/mol. The number of hydrogen-bond donors (Lipinski definition) is 0. The minimum Gasteiger partial charge on any atom is -0.274 e. The largest absolute Gasteiger partial charge is 0.274 e. The van der Waals surface area contributed by atoms with Crippen molar-refractivity contribution < 1.29 is 13.2 Å². The highest BCUT2D eigenvalue weighted by atomic mass is 32.2. The van der Waals surface area contributed by atoms with Crippen molar-refractivity contribution in [3.8, 4) is 0 Å². The lowest BCUT2D eigenvalue weighted by Crippen LogP contribution is -2.34. The Bertz CT molecular complexity index is 564. The van der Waals surface area contributed by atoms with E-state index in [1.54, 1.807) is 11.7 Å². The minimum atomic E-state index is -3.49. The summed E-state index contributed by atoms with van der Waals surface area (Å²) >= 11 is 0. The standard InChI is InChI=1S/C11H20N4O3S/c1-6-19(17,18)15(5)10(16)7-8(2)11-9(3)14(4)13-12-11/h8H,6-7H2,1-5H3. The third kappa shape index (κ3) is 3.31. The summed E-state index contributed by atoms with van der Waals surface area (Å²) in [6.45, 7) is 5.21. The Morgan fingerprint density at radius 3 is 2.47 bits per heavy atom. The molecule has 8 heteroatoms. The Balaban J connectivity index is 2.81. The first kappa shape index (κ1) is 15.6. The number of amides is 1. The van der Waals surface area contributed by atoms with Crippen molar-refractivity contribution in [1.29, 1.82) is 0 Å². The Morgan fingerprint density at radius 1 is 1.47 bits per heavy atom. The third-order valence-corrected chi connectivity index (χ3v) is 4.99. The molecule has 0 radical (unpaired) electrons. The van der Waals surface area contributed by atoms with Crippen LogP contribution >= 0.6 is 0 Å². The van der Waals surface area contributed by atoms with Crippen LogP contribution in [0.1, 0.15) is 37.6 Å². The maximum atomic E-state index is 11.9. The van der Waals surface area contributed by atoms with Gasteiger partial charge < -0.3 is 0 Å². The van der Waals surface area contributed by atoms with Gasteiger partial charge in [-0.1, -0.05) is 12.1 Å². The van der Waals surface area contributed by atoms with Crippen LogP contribution in [-0.2, 0) is 21.9 Å². The maximum Gasteiger partial charge on any atom is 0.236 e. The zero-order valence-corrected chi connectivity index (χ0v) is 12.7. The molecule has 1 atom stereocenters. The Kier molecular flexibility index (Phi) is 4.67. The van der Waals surface area contributed by atoms with Crippen molar-refractivity contribution in [2.45, 2.75) is 33.1 Å². The molecule has 0 fully saturated rings. The number of carbonyl (C=O) groups excluding carboxylic acids is 1. The molecule has 0 spiro atoms. The van der Waals surface area contributed by atoms with E-state index in [9.17, 15) is 13.2 Å². The number of aromatic nitrogens is 3. The van der Waals surface area contributed by atoms with E-state index in [-0.39, 0.29) is 18.1 Å². The van der Waals surface area contributed by atoms with Crippen molar-refractivity contribution >= 4 is 15.9 Å². The van der Waals surface area contributed by atoms with Gasteiger partial charge in [0, 0.05) is 26.4 Å². The van der Waals surface area contributed by atoms with Crippen LogP contribution in [0.3, 0.4) is 0 Å². The number of carbonyl (C=O) groups is 1. The summed E-state index contributed by atoms with van der Waals surface area (Å²) in [5.41, 5.74) is 1.60. The summed E-state index contributed by atoms with van der Waals surface area (Å²) in [5.74, 6) is -0.691. The number of aryl methyl sites for hydroxylation is 1. The lowest BCUT2D eigenvalue weighted by molar-refractivity contribution is -0.125. The van der Waals surface area contributed by atoms with E-state index >= 15 is 0 Å². The number of hydrogen-bond acceptors (Lipinski definition) is 5. The molecule has 0 N–H and O–H groups in total. The molecule has 1 heterocycles. The first-order chi connectivity index (χ1) is 8.70. The van der Waals surface area contributed by atoms with Gasteiger partial charge in [0.2, 0.25) is 15.9 Å². The molecule has 1 aromatic rings. The number of sulfonamides is 1. The van der Waals surface area contributed by atoms with Crippen molar-refractivity contribution in [3.63, 3.8) is 0 Å². The smallest absolute Gasteiger partial charge is 0.236 e. The lowest BCUT2D eigenvalue weighted by atomic mass is 10.0. The van der Waals surface area contributed by atoms with Gasteiger partial charge in [0.1, 0.15) is 0 Å². The molecule has 1 unspecified atom stereocenters. The summed E-state index contributed by atoms with van der Waals surface area (Å²) in [5, 5.41) is 7.88. The summed E-state index contributed by atoms with van der Waals surface area (Å²) in [6.07, 6.45) is 0.0925. The van der Waals surface area contributed by atoms with E-state index in [1.165, 1.54) is 14.0 Å². The predicted molar refractivity (Wildman–Crippen MR) is 71.0 cm³/mol. The number of rotatable bonds is 5. The molecule has 7 nitrogen and oxygen atoms in total. The summed E-state index contributed by atoms with van der Waals surface area (Å²) < 4.78 is 25.6. The second-order valence-electron chi connectivity index (χ2n) is 4.55. The summed E-state index contributed by atoms with van der Waals surface area (Å²) in [6, 6.07) is 0. The fraction of sp³-hybridized carbons (Fsp3) is 0.727. The van der Waals surface area contributed by atoms with Gasteiger partial charge in [-0.15, -0.1) is 5.10 Å². The fourth-order valence-corrected chi connectivity index (χ4v) is 2.48. The quantitative estimate of drug-likeness (QED) is 0.784. The second kappa shape index (κ2) is 5.68. The van der Waals surface area contributed by atoms with E-state index in [0.717, 1.165) is 15.7 Å². The third-order valence-electron chi connectivity index (χ3n) is 3.22. The molecule has 0 aliphatic carbocycles. The van der Waals surface area contributed by atoms with Gasteiger partial charge in [-0.3, -0.25) is 9.48 Å². The molecule has 0 aliphatic heterocycles. The van der Waals surface area contributed by atoms with Crippen LogP contribution in [0.5, 0.6) is 0 Å². The Labute approximate surface area is 113 Å². The normalized spacial score (nSPS) is 13.3. The molecule has 0 bridgehead atoms. The highest BCUT2D eigenvalue weighted by Crippen LogP contribution is 2.21. The SMILES string of the molecule is CCS(=O)(=O)N(C)C(=O)CC(C)c1nnn(C)c1C. The van der Waals surface area contributed by atoms with Crippen molar-refractivity contribution in [3.05, 3.63) is 11.4 Å². The van der Waals surface area contributed by atoms with Crippen LogP contribution in [0.15, 0.2) is 0 Å². The Morgan fingerprint density at radius 2 is 2.05 bits per heavy atom. The summed E-state index contributed by atoms with van der Waals surface area (Å²) in [7, 11) is -0.427. The molecule has 0 aliphatic rings. The van der Waals surface area contributed by atoms with Crippen LogP contribution in [-0.4, -0.2) is 46.4 Å². The minimum absolute atomic E-state index is 0.0895. The van der Waals surface area contributed by atoms with Crippen LogP contribution in [0.25, 0.3) is 0 Å². The second-order valence-corrected chi connectivity index (χ2v) is 6.84. The number of nitrogens with zero attached hydrogens (tertiary/aromatic N) is 4. The molecule has 19 heavy (non-hydrogen) atoms. The van der Waals surface area contributed by atoms with E-state index in [0.29, 0.717) is 0 Å². The van der Waals surface area contributed by atoms with Gasteiger partial charge >= 0.3 is 0 Å². The first-order valence-electron chi connectivity index (χ1n) is 6.06.